The number of carbonyl (C=O) groups excluding carboxylic acids is 1. The third-order valence-electron chi connectivity index (χ3n) is 3.87. The Bertz CT molecular complexity index is 940. The zero-order chi connectivity index (χ0) is 18.7. The van der Waals surface area contributed by atoms with Crippen LogP contribution in [0, 0.1) is 12.7 Å². The first-order chi connectivity index (χ1) is 12.4. The van der Waals surface area contributed by atoms with Gasteiger partial charge in [0.05, 0.1) is 17.6 Å². The number of benzene rings is 2. The van der Waals surface area contributed by atoms with Crippen molar-refractivity contribution in [3.63, 3.8) is 0 Å². The first-order valence-electron chi connectivity index (χ1n) is 7.90. The van der Waals surface area contributed by atoms with Gasteiger partial charge < -0.3 is 9.88 Å². The molecular weight excluding hydrogens is 373 g/mol. The standard InChI is InChI=1S/C19H17ClFN3OS/c1-12-3-8-15(9-16(12)21)23-18(25)11-26-19-22-10-17(24(19)2)13-4-6-14(20)7-5-13/h3-10H,11H2,1-2H3,(H,23,25). The molecule has 1 heterocycles. The summed E-state index contributed by atoms with van der Waals surface area (Å²) in [6, 6.07) is 12.1. The fourth-order valence-electron chi connectivity index (χ4n) is 2.41. The summed E-state index contributed by atoms with van der Waals surface area (Å²) in [4.78, 5) is 16.5. The highest BCUT2D eigenvalue weighted by Gasteiger charge is 2.12. The topological polar surface area (TPSA) is 46.9 Å². The molecule has 0 atom stereocenters. The van der Waals surface area contributed by atoms with Gasteiger partial charge in [-0.15, -0.1) is 0 Å². The smallest absolute Gasteiger partial charge is 0.234 e. The molecular formula is C19H17ClFN3OS. The minimum atomic E-state index is -0.341. The Morgan fingerprint density at radius 3 is 2.69 bits per heavy atom. The van der Waals surface area contributed by atoms with Crippen LogP contribution in [0.25, 0.3) is 11.3 Å². The van der Waals surface area contributed by atoms with Crippen LogP contribution in [0.3, 0.4) is 0 Å². The van der Waals surface area contributed by atoms with E-state index in [1.54, 1.807) is 25.3 Å². The van der Waals surface area contributed by atoms with Crippen molar-refractivity contribution >= 4 is 35.0 Å². The second-order valence-corrected chi connectivity index (χ2v) is 7.17. The summed E-state index contributed by atoms with van der Waals surface area (Å²) in [7, 11) is 1.90. The Labute approximate surface area is 160 Å². The third-order valence-corrected chi connectivity index (χ3v) is 5.17. The monoisotopic (exact) mass is 389 g/mol. The summed E-state index contributed by atoms with van der Waals surface area (Å²) in [5, 5.41) is 4.09. The number of nitrogens with zero attached hydrogens (tertiary/aromatic N) is 2. The molecule has 0 radical (unpaired) electrons. The minimum absolute atomic E-state index is 0.181. The van der Waals surface area contributed by atoms with Gasteiger partial charge in [0.2, 0.25) is 5.91 Å². The van der Waals surface area contributed by atoms with Gasteiger partial charge in [-0.1, -0.05) is 41.6 Å². The first kappa shape index (κ1) is 18.5. The van der Waals surface area contributed by atoms with E-state index in [0.29, 0.717) is 16.3 Å². The Morgan fingerprint density at radius 1 is 1.27 bits per heavy atom. The van der Waals surface area contributed by atoms with E-state index in [4.69, 9.17) is 11.6 Å². The number of aryl methyl sites for hydroxylation is 1. The van der Waals surface area contributed by atoms with Crippen molar-refractivity contribution in [2.24, 2.45) is 7.05 Å². The number of thioether (sulfide) groups is 1. The van der Waals surface area contributed by atoms with Gasteiger partial charge >= 0.3 is 0 Å². The lowest BCUT2D eigenvalue weighted by atomic mass is 10.2. The number of imidazole rings is 1. The largest absolute Gasteiger partial charge is 0.325 e. The highest BCUT2D eigenvalue weighted by molar-refractivity contribution is 7.99. The lowest BCUT2D eigenvalue weighted by molar-refractivity contribution is -0.113. The molecule has 0 fully saturated rings. The van der Waals surface area contributed by atoms with Gasteiger partial charge in [-0.05, 0) is 42.3 Å². The van der Waals surface area contributed by atoms with E-state index >= 15 is 0 Å². The molecule has 0 unspecified atom stereocenters. The van der Waals surface area contributed by atoms with E-state index in [-0.39, 0.29) is 17.5 Å². The number of aromatic nitrogens is 2. The number of carbonyl (C=O) groups is 1. The molecule has 3 rings (SSSR count). The molecule has 0 spiro atoms. The predicted octanol–water partition coefficient (Wildman–Crippen LogP) is 4.92. The van der Waals surface area contributed by atoms with E-state index in [1.165, 1.54) is 17.8 Å². The molecule has 1 N–H and O–H groups in total. The number of nitrogens with one attached hydrogen (secondary N) is 1. The van der Waals surface area contributed by atoms with Gasteiger partial charge in [0.15, 0.2) is 5.16 Å². The molecule has 0 saturated heterocycles. The van der Waals surface area contributed by atoms with Crippen LogP contribution in [0.1, 0.15) is 5.56 Å². The van der Waals surface area contributed by atoms with Crippen LogP contribution in [-0.2, 0) is 11.8 Å². The number of hydrogen-bond donors (Lipinski definition) is 1. The molecule has 134 valence electrons. The maximum Gasteiger partial charge on any atom is 0.234 e. The number of amides is 1. The fraction of sp³-hybridized carbons (Fsp3) is 0.158. The molecule has 0 aliphatic heterocycles. The Kier molecular flexibility index (Phi) is 5.64. The lowest BCUT2D eigenvalue weighted by Gasteiger charge is -2.07. The van der Waals surface area contributed by atoms with Gasteiger partial charge in [0.1, 0.15) is 5.82 Å². The number of hydrogen-bond acceptors (Lipinski definition) is 3. The second-order valence-electron chi connectivity index (χ2n) is 5.79. The van der Waals surface area contributed by atoms with E-state index in [1.807, 2.05) is 35.9 Å². The third kappa shape index (κ3) is 4.26. The van der Waals surface area contributed by atoms with Crippen LogP contribution in [0.15, 0.2) is 53.8 Å². The van der Waals surface area contributed by atoms with Gasteiger partial charge in [-0.25, -0.2) is 9.37 Å². The van der Waals surface area contributed by atoms with Crippen LogP contribution in [0.5, 0.6) is 0 Å². The van der Waals surface area contributed by atoms with Crippen molar-refractivity contribution in [3.05, 3.63) is 65.1 Å². The van der Waals surface area contributed by atoms with Crippen LogP contribution in [-0.4, -0.2) is 21.2 Å². The molecule has 7 heteroatoms. The summed E-state index contributed by atoms with van der Waals surface area (Å²) in [5.74, 6) is -0.373. The van der Waals surface area contributed by atoms with E-state index in [9.17, 15) is 9.18 Å². The van der Waals surface area contributed by atoms with E-state index in [2.05, 4.69) is 10.3 Å². The summed E-state index contributed by atoms with van der Waals surface area (Å²) < 4.78 is 15.5. The Hall–Kier alpha value is -2.31. The zero-order valence-corrected chi connectivity index (χ0v) is 15.9. The normalized spacial score (nSPS) is 10.8. The maximum atomic E-state index is 13.5. The van der Waals surface area contributed by atoms with Crippen molar-refractivity contribution in [3.8, 4) is 11.3 Å². The highest BCUT2D eigenvalue weighted by Crippen LogP contribution is 2.26. The molecule has 26 heavy (non-hydrogen) atoms. The van der Waals surface area contributed by atoms with Gasteiger partial charge in [0.25, 0.3) is 0 Å². The summed E-state index contributed by atoms with van der Waals surface area (Å²) >= 11 is 7.24. The summed E-state index contributed by atoms with van der Waals surface area (Å²) in [5.41, 5.74) is 2.92. The van der Waals surface area contributed by atoms with Crippen molar-refractivity contribution in [1.82, 2.24) is 9.55 Å². The van der Waals surface area contributed by atoms with Crippen LogP contribution in [0.4, 0.5) is 10.1 Å². The zero-order valence-electron chi connectivity index (χ0n) is 14.3. The van der Waals surface area contributed by atoms with Crippen molar-refractivity contribution in [2.75, 3.05) is 11.1 Å². The molecule has 0 saturated carbocycles. The first-order valence-corrected chi connectivity index (χ1v) is 9.27. The molecule has 0 aliphatic rings. The van der Waals surface area contributed by atoms with Crippen LogP contribution >= 0.6 is 23.4 Å². The van der Waals surface area contributed by atoms with Gasteiger partial charge in [0, 0.05) is 17.8 Å². The van der Waals surface area contributed by atoms with E-state index in [0.717, 1.165) is 16.4 Å². The fourth-order valence-corrected chi connectivity index (χ4v) is 3.29. The van der Waals surface area contributed by atoms with Crippen molar-refractivity contribution in [2.45, 2.75) is 12.1 Å². The van der Waals surface area contributed by atoms with Gasteiger partial charge in [-0.3, -0.25) is 4.79 Å². The molecule has 1 aromatic heterocycles. The number of anilines is 1. The van der Waals surface area contributed by atoms with Crippen molar-refractivity contribution < 1.29 is 9.18 Å². The molecule has 1 amide bonds. The second kappa shape index (κ2) is 7.93. The lowest BCUT2D eigenvalue weighted by Crippen LogP contribution is -2.14. The Balaban J connectivity index is 1.63. The summed E-state index contributed by atoms with van der Waals surface area (Å²) in [6.07, 6.45) is 1.76. The average Bonchev–Trinajstić information content (AvgIpc) is 2.98. The molecule has 0 bridgehead atoms. The van der Waals surface area contributed by atoms with Crippen LogP contribution < -0.4 is 5.32 Å². The molecule has 3 aromatic rings. The predicted molar refractivity (Wildman–Crippen MR) is 104 cm³/mol. The van der Waals surface area contributed by atoms with Crippen molar-refractivity contribution in [1.29, 1.82) is 0 Å². The molecule has 4 nitrogen and oxygen atoms in total. The van der Waals surface area contributed by atoms with Crippen LogP contribution in [0.2, 0.25) is 5.02 Å². The quantitative estimate of drug-likeness (QED) is 0.630. The SMILES string of the molecule is Cc1ccc(NC(=O)CSc2ncc(-c3ccc(Cl)cc3)n2C)cc1F. The number of halogens is 2. The summed E-state index contributed by atoms with van der Waals surface area (Å²) in [6.45, 7) is 1.68. The molecule has 0 aliphatic carbocycles. The van der Waals surface area contributed by atoms with E-state index < -0.39 is 0 Å². The minimum Gasteiger partial charge on any atom is -0.325 e. The van der Waals surface area contributed by atoms with Gasteiger partial charge in [-0.2, -0.15) is 0 Å². The molecule has 2 aromatic carbocycles. The Morgan fingerprint density at radius 2 is 2.00 bits per heavy atom. The highest BCUT2D eigenvalue weighted by atomic mass is 35.5. The average molecular weight is 390 g/mol. The number of rotatable bonds is 5. The maximum absolute atomic E-state index is 13.5.